The first kappa shape index (κ1) is 22.4. The van der Waals surface area contributed by atoms with Gasteiger partial charge in [-0.2, -0.15) is 0 Å². The minimum absolute atomic E-state index is 0.0252. The van der Waals surface area contributed by atoms with Crippen molar-refractivity contribution in [1.82, 2.24) is 5.32 Å². The molecule has 2 heterocycles. The van der Waals surface area contributed by atoms with Crippen LogP contribution >= 0.6 is 11.3 Å². The molecule has 0 bridgehead atoms. The number of nitrogens with two attached hydrogens (primary N) is 1. The fourth-order valence-electron chi connectivity index (χ4n) is 2.79. The normalized spacial score (nSPS) is 26.0. The molecule has 1 aromatic heterocycles. The third kappa shape index (κ3) is 4.25. The number of primary sulfonamides is 1. The van der Waals surface area contributed by atoms with Gasteiger partial charge in [-0.25, -0.2) is 22.0 Å². The van der Waals surface area contributed by atoms with Gasteiger partial charge in [-0.3, -0.25) is 5.32 Å². The fourth-order valence-corrected chi connectivity index (χ4v) is 7.56. The second kappa shape index (κ2) is 6.29. The molecule has 1 aromatic rings. The van der Waals surface area contributed by atoms with Crippen molar-refractivity contribution in [3.63, 3.8) is 0 Å². The quantitative estimate of drug-likeness (QED) is 0.196. The lowest BCUT2D eigenvalue weighted by Gasteiger charge is -2.39. The van der Waals surface area contributed by atoms with Crippen molar-refractivity contribution in [2.24, 2.45) is 5.14 Å². The predicted octanol–water partition coefficient (Wildman–Crippen LogP) is -3.72. The summed E-state index contributed by atoms with van der Waals surface area (Å²) in [4.78, 5) is -3.08. The molecule has 0 saturated carbocycles. The molecule has 0 spiro atoms. The molecule has 27 heavy (non-hydrogen) atoms. The predicted molar refractivity (Wildman–Crippen MR) is 86.8 cm³/mol. The molecule has 0 amide bonds. The van der Waals surface area contributed by atoms with Crippen LogP contribution in [-0.2, 0) is 19.9 Å². The summed E-state index contributed by atoms with van der Waals surface area (Å²) in [6.07, 6.45) is -2.56. The minimum Gasteiger partial charge on any atom is -0.505 e. The molecule has 10 N–H and O–H groups in total. The van der Waals surface area contributed by atoms with Gasteiger partial charge in [-0.05, 0) is 0 Å². The van der Waals surface area contributed by atoms with E-state index in [0.29, 0.717) is 0 Å². The Kier molecular flexibility index (Phi) is 5.21. The van der Waals surface area contributed by atoms with Crippen molar-refractivity contribution in [3.05, 3.63) is 5.56 Å². The van der Waals surface area contributed by atoms with E-state index in [1.807, 2.05) is 0 Å². The monoisotopic (exact) mass is 450 g/mol. The molecule has 1 aliphatic heterocycles. The third-order valence-electron chi connectivity index (χ3n) is 3.69. The van der Waals surface area contributed by atoms with Gasteiger partial charge in [0.15, 0.2) is 14.9 Å². The summed E-state index contributed by atoms with van der Waals surface area (Å²) in [7, 11) is -9.55. The fraction of sp³-hybridized carbons (Fsp3) is 0.636. The highest BCUT2D eigenvalue weighted by Gasteiger charge is 2.57. The molecular weight excluding hydrogens is 432 g/mol. The lowest BCUT2D eigenvalue weighted by molar-refractivity contribution is -0.326. The van der Waals surface area contributed by atoms with Crippen LogP contribution < -0.4 is 10.5 Å². The molecule has 0 aliphatic carbocycles. The molecule has 2 rings (SSSR count). The van der Waals surface area contributed by atoms with E-state index in [9.17, 15) is 37.3 Å². The van der Waals surface area contributed by atoms with Crippen molar-refractivity contribution in [2.75, 3.05) is 0 Å². The average Bonchev–Trinajstić information content (AvgIpc) is 2.70. The summed E-state index contributed by atoms with van der Waals surface area (Å²) in [5.41, 5.74) is -0.609. The first-order valence-corrected chi connectivity index (χ1v) is 10.9. The van der Waals surface area contributed by atoms with Gasteiger partial charge in [-0.1, -0.05) is 0 Å². The smallest absolute Gasteiger partial charge is 0.279 e. The molecule has 156 valence electrons. The maximum Gasteiger partial charge on any atom is 0.279 e. The van der Waals surface area contributed by atoms with E-state index in [1.165, 1.54) is 0 Å². The van der Waals surface area contributed by atoms with E-state index in [-0.39, 0.29) is 11.3 Å². The van der Waals surface area contributed by atoms with Gasteiger partial charge >= 0.3 is 0 Å². The lowest BCUT2D eigenvalue weighted by atomic mass is 9.98. The van der Waals surface area contributed by atoms with Crippen LogP contribution in [0.2, 0.25) is 0 Å². The van der Waals surface area contributed by atoms with Crippen LogP contribution in [0.3, 0.4) is 0 Å². The van der Waals surface area contributed by atoms with E-state index in [2.05, 4.69) is 5.32 Å². The minimum atomic E-state index is -4.96. The summed E-state index contributed by atoms with van der Waals surface area (Å²) in [6.45, 7) is 0.813. The van der Waals surface area contributed by atoms with Crippen molar-refractivity contribution in [1.29, 1.82) is 0 Å². The number of aliphatic hydroxyl groups is 6. The molecule has 2 atom stereocenters. The molecule has 0 saturated heterocycles. The zero-order chi connectivity index (χ0) is 21.2. The molecule has 13 nitrogen and oxygen atoms in total. The Labute approximate surface area is 156 Å². The number of hydrogen-bond acceptors (Lipinski definition) is 13. The standard InChI is InChI=1S/C11H18N2O11S3/c1-9(15,16)13-4-2-10(17,3-11(18,19)20)26(21,22)7-5(4)6(14)8(25-7)27(12,23)24/h4,13-20H,2-3H2,1H3,(H2,12,23,24). The van der Waals surface area contributed by atoms with Crippen LogP contribution in [-0.4, -0.2) is 69.4 Å². The molecule has 16 heteroatoms. The van der Waals surface area contributed by atoms with E-state index < -0.39 is 75.3 Å². The highest BCUT2D eigenvalue weighted by molar-refractivity contribution is 7.96. The Morgan fingerprint density at radius 2 is 1.81 bits per heavy atom. The van der Waals surface area contributed by atoms with Crippen LogP contribution in [0.5, 0.6) is 5.75 Å². The van der Waals surface area contributed by atoms with E-state index in [4.69, 9.17) is 20.5 Å². The molecule has 2 unspecified atom stereocenters. The van der Waals surface area contributed by atoms with Gasteiger partial charge in [0.05, 0.1) is 6.42 Å². The first-order valence-electron chi connectivity index (χ1n) is 7.03. The van der Waals surface area contributed by atoms with Crippen LogP contribution in [0.4, 0.5) is 0 Å². The van der Waals surface area contributed by atoms with E-state index in [1.54, 1.807) is 0 Å². The molecule has 0 radical (unpaired) electrons. The molecular formula is C11H18N2O11S3. The molecule has 1 aliphatic rings. The highest BCUT2D eigenvalue weighted by atomic mass is 32.3. The van der Waals surface area contributed by atoms with Crippen LogP contribution in [0.1, 0.15) is 31.4 Å². The van der Waals surface area contributed by atoms with Crippen LogP contribution in [0.25, 0.3) is 0 Å². The highest BCUT2D eigenvalue weighted by Crippen LogP contribution is 2.53. The topological polar surface area (TPSA) is 248 Å². The Bertz CT molecular complexity index is 955. The van der Waals surface area contributed by atoms with Crippen LogP contribution in [0.15, 0.2) is 8.42 Å². The van der Waals surface area contributed by atoms with Gasteiger partial charge in [-0.15, -0.1) is 11.3 Å². The second-order valence-electron chi connectivity index (χ2n) is 6.31. The average molecular weight is 450 g/mol. The number of hydrogen-bond donors (Lipinski definition) is 9. The van der Waals surface area contributed by atoms with Gasteiger partial charge in [0.25, 0.3) is 16.0 Å². The SMILES string of the molecule is CC(O)(O)NC1CC(O)(CC(O)(O)O)S(=O)(=O)c2sc(S(N)(=O)=O)c(O)c21. The van der Waals surface area contributed by atoms with Crippen molar-refractivity contribution in [3.8, 4) is 5.75 Å². The summed E-state index contributed by atoms with van der Waals surface area (Å²) < 4.78 is 46.8. The Hall–Kier alpha value is -0.920. The number of rotatable bonds is 5. The number of nitrogens with one attached hydrogen (secondary N) is 1. The molecule has 0 fully saturated rings. The number of sulfonamides is 1. The van der Waals surface area contributed by atoms with E-state index in [0.717, 1.165) is 6.92 Å². The van der Waals surface area contributed by atoms with Gasteiger partial charge in [0, 0.05) is 24.9 Å². The number of thiophene rings is 1. The summed E-state index contributed by atoms with van der Waals surface area (Å²) >= 11 is -0.0252. The second-order valence-corrected chi connectivity index (χ2v) is 11.5. The number of sulfone groups is 1. The largest absolute Gasteiger partial charge is 0.505 e. The van der Waals surface area contributed by atoms with Crippen molar-refractivity contribution < 1.29 is 52.6 Å². The molecule has 0 aromatic carbocycles. The van der Waals surface area contributed by atoms with Gasteiger partial charge < -0.3 is 35.7 Å². The maximum absolute atomic E-state index is 12.7. The lowest BCUT2D eigenvalue weighted by Crippen LogP contribution is -2.54. The van der Waals surface area contributed by atoms with Gasteiger partial charge in [0.2, 0.25) is 15.7 Å². The number of fused-ring (bicyclic) bond motifs is 1. The first-order chi connectivity index (χ1) is 11.8. The van der Waals surface area contributed by atoms with Crippen molar-refractivity contribution in [2.45, 2.75) is 51.0 Å². The zero-order valence-corrected chi connectivity index (χ0v) is 16.0. The van der Waals surface area contributed by atoms with Crippen LogP contribution in [0, 0.1) is 0 Å². The third-order valence-corrected chi connectivity index (χ3v) is 9.06. The Morgan fingerprint density at radius 3 is 2.22 bits per heavy atom. The number of aromatic hydroxyl groups is 1. The summed E-state index contributed by atoms with van der Waals surface area (Å²) in [6, 6.07) is -1.59. The van der Waals surface area contributed by atoms with Crippen molar-refractivity contribution >= 4 is 31.2 Å². The maximum atomic E-state index is 12.7. The Balaban J connectivity index is 2.80. The summed E-state index contributed by atoms with van der Waals surface area (Å²) in [5.74, 6) is -7.38. The summed E-state index contributed by atoms with van der Waals surface area (Å²) in [5, 5.41) is 74.1. The Morgan fingerprint density at radius 1 is 1.30 bits per heavy atom. The van der Waals surface area contributed by atoms with Gasteiger partial charge in [0.1, 0.15) is 4.21 Å². The van der Waals surface area contributed by atoms with E-state index >= 15 is 0 Å². The zero-order valence-electron chi connectivity index (χ0n) is 13.6.